The quantitative estimate of drug-likeness (QED) is 0.525. The van der Waals surface area contributed by atoms with Gasteiger partial charge in [0.15, 0.2) is 0 Å². The fourth-order valence-electron chi connectivity index (χ4n) is 1.48. The van der Waals surface area contributed by atoms with E-state index in [4.69, 9.17) is 10.2 Å². The number of rotatable bonds is 10. The molecule has 0 heterocycles. The first-order chi connectivity index (χ1) is 6.81. The van der Waals surface area contributed by atoms with E-state index in [2.05, 4.69) is 11.9 Å². The maximum atomic E-state index is 8.63. The molecule has 0 aromatic rings. The molecule has 0 aliphatic rings. The van der Waals surface area contributed by atoms with Gasteiger partial charge in [-0.25, -0.2) is 0 Å². The molecule has 0 rings (SSSR count). The summed E-state index contributed by atoms with van der Waals surface area (Å²) in [5.41, 5.74) is 0. The summed E-state index contributed by atoms with van der Waals surface area (Å²) >= 11 is 0. The smallest absolute Gasteiger partial charge is 0.0443 e. The first-order valence-corrected chi connectivity index (χ1v) is 5.71. The van der Waals surface area contributed by atoms with E-state index in [1.807, 2.05) is 0 Å². The monoisotopic (exact) mass is 203 g/mol. The Labute approximate surface area is 87.7 Å². The van der Waals surface area contributed by atoms with Crippen LogP contribution in [-0.2, 0) is 0 Å². The van der Waals surface area contributed by atoms with Gasteiger partial charge in [0.2, 0.25) is 0 Å². The zero-order valence-corrected chi connectivity index (χ0v) is 9.41. The van der Waals surface area contributed by atoms with E-state index < -0.39 is 0 Å². The van der Waals surface area contributed by atoms with Crippen molar-refractivity contribution in [2.75, 3.05) is 33.4 Å². The van der Waals surface area contributed by atoms with Gasteiger partial charge in [-0.1, -0.05) is 19.3 Å². The maximum absolute atomic E-state index is 8.63. The Kier molecular flexibility index (Phi) is 10.9. The first-order valence-electron chi connectivity index (χ1n) is 5.71. The van der Waals surface area contributed by atoms with Crippen molar-refractivity contribution < 1.29 is 10.2 Å². The topological polar surface area (TPSA) is 43.7 Å². The fraction of sp³-hybridized carbons (Fsp3) is 1.00. The second-order valence-corrected chi connectivity index (χ2v) is 3.87. The zero-order chi connectivity index (χ0) is 10.6. The summed E-state index contributed by atoms with van der Waals surface area (Å²) < 4.78 is 0. The van der Waals surface area contributed by atoms with Gasteiger partial charge in [0.1, 0.15) is 0 Å². The van der Waals surface area contributed by atoms with E-state index in [1.165, 1.54) is 19.3 Å². The zero-order valence-electron chi connectivity index (χ0n) is 9.41. The van der Waals surface area contributed by atoms with Gasteiger partial charge >= 0.3 is 0 Å². The highest BCUT2D eigenvalue weighted by atomic mass is 16.3. The minimum Gasteiger partial charge on any atom is -0.396 e. The van der Waals surface area contributed by atoms with Gasteiger partial charge in [0.25, 0.3) is 0 Å². The average Bonchev–Trinajstić information content (AvgIpc) is 2.20. The van der Waals surface area contributed by atoms with Gasteiger partial charge in [-0.3, -0.25) is 0 Å². The molecular formula is C11H25NO2. The van der Waals surface area contributed by atoms with E-state index in [1.54, 1.807) is 0 Å². The molecule has 0 aliphatic heterocycles. The second-order valence-electron chi connectivity index (χ2n) is 3.87. The Morgan fingerprint density at radius 2 is 1.21 bits per heavy atom. The van der Waals surface area contributed by atoms with Crippen LogP contribution in [0.2, 0.25) is 0 Å². The third-order valence-corrected chi connectivity index (χ3v) is 2.40. The predicted octanol–water partition coefficient (Wildman–Crippen LogP) is 1.24. The van der Waals surface area contributed by atoms with E-state index in [9.17, 15) is 0 Å². The number of aliphatic hydroxyl groups is 2. The second kappa shape index (κ2) is 11.0. The highest BCUT2D eigenvalue weighted by Crippen LogP contribution is 2.03. The summed E-state index contributed by atoms with van der Waals surface area (Å²) in [6.07, 6.45) is 6.68. The van der Waals surface area contributed by atoms with Crippen molar-refractivity contribution in [2.45, 2.75) is 38.5 Å². The summed E-state index contributed by atoms with van der Waals surface area (Å²) in [6.45, 7) is 2.74. The Morgan fingerprint density at radius 1 is 0.714 bits per heavy atom. The summed E-state index contributed by atoms with van der Waals surface area (Å²) in [7, 11) is 2.10. The van der Waals surface area contributed by atoms with Crippen LogP contribution < -0.4 is 0 Å². The van der Waals surface area contributed by atoms with Gasteiger partial charge in [-0.05, 0) is 32.9 Å². The van der Waals surface area contributed by atoms with Gasteiger partial charge in [-0.2, -0.15) is 0 Å². The third-order valence-electron chi connectivity index (χ3n) is 2.40. The lowest BCUT2D eigenvalue weighted by Gasteiger charge is -2.15. The molecule has 3 nitrogen and oxygen atoms in total. The maximum Gasteiger partial charge on any atom is 0.0443 e. The summed E-state index contributed by atoms with van der Waals surface area (Å²) in [4.78, 5) is 2.27. The standard InChI is InChI=1S/C11H25NO2/c1-12(9-7-11-14)8-5-3-2-4-6-10-13/h13-14H,2-11H2,1H3. The van der Waals surface area contributed by atoms with Crippen LogP contribution >= 0.6 is 0 Å². The van der Waals surface area contributed by atoms with Crippen LogP contribution in [0.25, 0.3) is 0 Å². The SMILES string of the molecule is CN(CCCO)CCCCCCCO. The van der Waals surface area contributed by atoms with Crippen molar-refractivity contribution in [2.24, 2.45) is 0 Å². The molecule has 0 aromatic carbocycles. The van der Waals surface area contributed by atoms with E-state index >= 15 is 0 Å². The van der Waals surface area contributed by atoms with Crippen LogP contribution in [0.3, 0.4) is 0 Å². The third kappa shape index (κ3) is 9.96. The van der Waals surface area contributed by atoms with Gasteiger partial charge < -0.3 is 15.1 Å². The van der Waals surface area contributed by atoms with Crippen LogP contribution in [0, 0.1) is 0 Å². The first kappa shape index (κ1) is 13.9. The van der Waals surface area contributed by atoms with Gasteiger partial charge in [-0.15, -0.1) is 0 Å². The molecule has 0 aliphatic carbocycles. The minimum absolute atomic E-state index is 0.292. The largest absolute Gasteiger partial charge is 0.396 e. The van der Waals surface area contributed by atoms with Gasteiger partial charge in [0.05, 0.1) is 0 Å². The number of aliphatic hydroxyl groups excluding tert-OH is 2. The molecule has 3 heteroatoms. The molecule has 0 saturated carbocycles. The van der Waals surface area contributed by atoms with Crippen molar-refractivity contribution in [1.82, 2.24) is 4.90 Å². The highest BCUT2D eigenvalue weighted by molar-refractivity contribution is 4.52. The number of hydrogen-bond acceptors (Lipinski definition) is 3. The Bertz CT molecular complexity index is 109. The van der Waals surface area contributed by atoms with Crippen LogP contribution in [-0.4, -0.2) is 48.5 Å². The lowest BCUT2D eigenvalue weighted by atomic mass is 10.1. The molecule has 0 radical (unpaired) electrons. The molecule has 0 unspecified atom stereocenters. The van der Waals surface area contributed by atoms with Crippen molar-refractivity contribution in [3.8, 4) is 0 Å². The lowest BCUT2D eigenvalue weighted by molar-refractivity contribution is 0.244. The van der Waals surface area contributed by atoms with Crippen LogP contribution in [0.15, 0.2) is 0 Å². The summed E-state index contributed by atoms with van der Waals surface area (Å²) in [5, 5.41) is 17.2. The van der Waals surface area contributed by atoms with Crippen molar-refractivity contribution >= 4 is 0 Å². The predicted molar refractivity (Wildman–Crippen MR) is 59.4 cm³/mol. The Morgan fingerprint density at radius 3 is 1.86 bits per heavy atom. The van der Waals surface area contributed by atoms with E-state index in [0.717, 1.165) is 32.4 Å². The Balaban J connectivity index is 3.02. The van der Waals surface area contributed by atoms with Crippen LogP contribution in [0.1, 0.15) is 38.5 Å². The van der Waals surface area contributed by atoms with Crippen molar-refractivity contribution in [3.05, 3.63) is 0 Å². The van der Waals surface area contributed by atoms with E-state index in [-0.39, 0.29) is 0 Å². The summed E-state index contributed by atoms with van der Waals surface area (Å²) in [6, 6.07) is 0. The molecule has 0 amide bonds. The number of hydrogen-bond donors (Lipinski definition) is 2. The fourth-order valence-corrected chi connectivity index (χ4v) is 1.48. The molecule has 0 bridgehead atoms. The number of nitrogens with zero attached hydrogens (tertiary/aromatic N) is 1. The molecular weight excluding hydrogens is 178 g/mol. The normalized spacial score (nSPS) is 11.1. The molecule has 0 spiro atoms. The lowest BCUT2D eigenvalue weighted by Crippen LogP contribution is -2.21. The van der Waals surface area contributed by atoms with E-state index in [0.29, 0.717) is 13.2 Å². The van der Waals surface area contributed by atoms with Gasteiger partial charge in [0, 0.05) is 19.8 Å². The highest BCUT2D eigenvalue weighted by Gasteiger charge is 1.97. The molecule has 0 atom stereocenters. The molecule has 0 fully saturated rings. The molecule has 0 aromatic heterocycles. The molecule has 86 valence electrons. The van der Waals surface area contributed by atoms with Crippen LogP contribution in [0.4, 0.5) is 0 Å². The average molecular weight is 203 g/mol. The molecule has 2 N–H and O–H groups in total. The molecule has 0 saturated heterocycles. The number of unbranched alkanes of at least 4 members (excludes halogenated alkanes) is 4. The Hall–Kier alpha value is -0.120. The molecule has 14 heavy (non-hydrogen) atoms. The van der Waals surface area contributed by atoms with Crippen molar-refractivity contribution in [1.29, 1.82) is 0 Å². The van der Waals surface area contributed by atoms with Crippen LogP contribution in [0.5, 0.6) is 0 Å². The minimum atomic E-state index is 0.292. The van der Waals surface area contributed by atoms with Crippen molar-refractivity contribution in [3.63, 3.8) is 0 Å². The summed E-state index contributed by atoms with van der Waals surface area (Å²) in [5.74, 6) is 0.